The van der Waals surface area contributed by atoms with Crippen molar-refractivity contribution in [3.05, 3.63) is 53.9 Å². The molecule has 0 atom stereocenters. The van der Waals surface area contributed by atoms with Crippen molar-refractivity contribution in [2.24, 2.45) is 5.92 Å². The van der Waals surface area contributed by atoms with Gasteiger partial charge in [-0.15, -0.1) is 0 Å². The van der Waals surface area contributed by atoms with E-state index in [4.69, 9.17) is 10.7 Å². The molecule has 1 aromatic carbocycles. The molecule has 2 aromatic heterocycles. The predicted octanol–water partition coefficient (Wildman–Crippen LogP) is 5.11. The summed E-state index contributed by atoms with van der Waals surface area (Å²) in [6.07, 6.45) is 4.56. The molecule has 0 aliphatic carbocycles. The van der Waals surface area contributed by atoms with Crippen LogP contribution in [0.2, 0.25) is 0 Å². The van der Waals surface area contributed by atoms with Gasteiger partial charge in [0.15, 0.2) is 0 Å². The van der Waals surface area contributed by atoms with E-state index in [2.05, 4.69) is 61.3 Å². The zero-order valence-electron chi connectivity index (χ0n) is 17.6. The first-order valence-corrected chi connectivity index (χ1v) is 10.4. The molecular weight excluding hydrogens is 344 g/mol. The molecule has 2 N–H and O–H groups in total. The van der Waals surface area contributed by atoms with Crippen molar-refractivity contribution < 1.29 is 0 Å². The number of pyridine rings is 1. The summed E-state index contributed by atoms with van der Waals surface area (Å²) in [7, 11) is 0. The molecular formula is C24H32N4. The Balaban J connectivity index is 1.75. The van der Waals surface area contributed by atoms with Gasteiger partial charge in [-0.25, -0.2) is 4.98 Å². The van der Waals surface area contributed by atoms with Gasteiger partial charge in [-0.1, -0.05) is 52.0 Å². The van der Waals surface area contributed by atoms with Gasteiger partial charge in [0.1, 0.15) is 5.65 Å². The number of fused-ring (bicyclic) bond motifs is 1. The summed E-state index contributed by atoms with van der Waals surface area (Å²) in [5, 5.41) is 0. The van der Waals surface area contributed by atoms with Gasteiger partial charge in [-0.3, -0.25) is 4.90 Å². The average Bonchev–Trinajstić information content (AvgIpc) is 3.01. The number of nitrogen functional groups attached to an aromatic ring is 1. The standard InChI is InChI=1S/C24H32N4/c1-17-11-13-27(14-12-17)16-21-23(26-22-10-9-20(25)15-28(21)22)18-5-7-19(8-6-18)24(2,3)4/h5-10,15,17H,11-14,16,25H2,1-4H3. The summed E-state index contributed by atoms with van der Waals surface area (Å²) in [6.45, 7) is 12.3. The molecule has 1 aliphatic rings. The van der Waals surface area contributed by atoms with Crippen LogP contribution >= 0.6 is 0 Å². The fourth-order valence-corrected chi connectivity index (χ4v) is 4.05. The van der Waals surface area contributed by atoms with E-state index in [-0.39, 0.29) is 5.41 Å². The third-order valence-electron chi connectivity index (χ3n) is 6.01. The van der Waals surface area contributed by atoms with Crippen LogP contribution in [-0.4, -0.2) is 27.4 Å². The molecule has 1 fully saturated rings. The van der Waals surface area contributed by atoms with E-state index in [9.17, 15) is 0 Å². The summed E-state index contributed by atoms with van der Waals surface area (Å²) >= 11 is 0. The Morgan fingerprint density at radius 3 is 2.36 bits per heavy atom. The molecule has 0 unspecified atom stereocenters. The number of nitrogens with two attached hydrogens (primary N) is 1. The molecule has 1 saturated heterocycles. The fraction of sp³-hybridized carbons (Fsp3) is 0.458. The molecule has 4 rings (SSSR count). The van der Waals surface area contributed by atoms with Crippen LogP contribution in [-0.2, 0) is 12.0 Å². The zero-order valence-corrected chi connectivity index (χ0v) is 17.6. The first-order valence-electron chi connectivity index (χ1n) is 10.4. The summed E-state index contributed by atoms with van der Waals surface area (Å²) in [5.74, 6) is 0.832. The van der Waals surface area contributed by atoms with Crippen molar-refractivity contribution in [1.29, 1.82) is 0 Å². The van der Waals surface area contributed by atoms with E-state index in [1.807, 2.05) is 18.3 Å². The summed E-state index contributed by atoms with van der Waals surface area (Å²) in [4.78, 5) is 7.53. The van der Waals surface area contributed by atoms with E-state index in [0.717, 1.165) is 42.6 Å². The first kappa shape index (κ1) is 19.0. The van der Waals surface area contributed by atoms with Gasteiger partial charge >= 0.3 is 0 Å². The minimum absolute atomic E-state index is 0.152. The highest BCUT2D eigenvalue weighted by molar-refractivity contribution is 5.68. The molecule has 3 aromatic rings. The maximum Gasteiger partial charge on any atom is 0.137 e. The molecule has 0 bridgehead atoms. The maximum absolute atomic E-state index is 6.10. The molecule has 0 spiro atoms. The normalized spacial score (nSPS) is 16.7. The van der Waals surface area contributed by atoms with E-state index >= 15 is 0 Å². The molecule has 0 saturated carbocycles. The molecule has 3 heterocycles. The van der Waals surface area contributed by atoms with Gasteiger partial charge in [-0.05, 0) is 55.0 Å². The van der Waals surface area contributed by atoms with E-state index in [1.54, 1.807) is 0 Å². The minimum Gasteiger partial charge on any atom is -0.398 e. The Morgan fingerprint density at radius 1 is 1.04 bits per heavy atom. The van der Waals surface area contributed by atoms with Gasteiger partial charge in [0.05, 0.1) is 11.4 Å². The molecule has 4 heteroatoms. The second kappa shape index (κ2) is 7.25. The molecule has 0 amide bonds. The fourth-order valence-electron chi connectivity index (χ4n) is 4.05. The highest BCUT2D eigenvalue weighted by Crippen LogP contribution is 2.30. The van der Waals surface area contributed by atoms with Crippen LogP contribution in [0.3, 0.4) is 0 Å². The van der Waals surface area contributed by atoms with Crippen LogP contribution in [0.1, 0.15) is 51.8 Å². The number of piperidine rings is 1. The number of aromatic nitrogens is 2. The topological polar surface area (TPSA) is 46.6 Å². The average molecular weight is 377 g/mol. The smallest absolute Gasteiger partial charge is 0.137 e. The summed E-state index contributed by atoms with van der Waals surface area (Å²) in [6, 6.07) is 12.9. The second-order valence-electron chi connectivity index (χ2n) is 9.38. The molecule has 0 radical (unpaired) electrons. The predicted molar refractivity (Wildman–Crippen MR) is 117 cm³/mol. The lowest BCUT2D eigenvalue weighted by Crippen LogP contribution is -2.32. The Bertz CT molecular complexity index is 955. The van der Waals surface area contributed by atoms with Crippen LogP contribution in [0.4, 0.5) is 5.69 Å². The Hall–Kier alpha value is -2.33. The quantitative estimate of drug-likeness (QED) is 0.691. The van der Waals surface area contributed by atoms with Gasteiger partial charge in [-0.2, -0.15) is 0 Å². The Labute approximate surface area is 168 Å². The van der Waals surface area contributed by atoms with Crippen molar-refractivity contribution in [1.82, 2.24) is 14.3 Å². The Kier molecular flexibility index (Phi) is 4.92. The number of imidazole rings is 1. The number of benzene rings is 1. The lowest BCUT2D eigenvalue weighted by atomic mass is 9.86. The third-order valence-corrected chi connectivity index (χ3v) is 6.01. The third kappa shape index (κ3) is 3.79. The van der Waals surface area contributed by atoms with Crippen molar-refractivity contribution in [3.8, 4) is 11.3 Å². The van der Waals surface area contributed by atoms with Crippen LogP contribution in [0.25, 0.3) is 16.9 Å². The minimum atomic E-state index is 0.152. The van der Waals surface area contributed by atoms with Gasteiger partial charge in [0.2, 0.25) is 0 Å². The number of nitrogens with zero attached hydrogens (tertiary/aromatic N) is 3. The van der Waals surface area contributed by atoms with Crippen molar-refractivity contribution in [3.63, 3.8) is 0 Å². The highest BCUT2D eigenvalue weighted by atomic mass is 15.2. The number of anilines is 1. The van der Waals surface area contributed by atoms with Crippen LogP contribution in [0.15, 0.2) is 42.6 Å². The van der Waals surface area contributed by atoms with Crippen molar-refractivity contribution in [2.75, 3.05) is 18.8 Å². The van der Waals surface area contributed by atoms with Crippen molar-refractivity contribution in [2.45, 2.75) is 52.5 Å². The first-order chi connectivity index (χ1) is 13.3. The molecule has 148 valence electrons. The Morgan fingerprint density at radius 2 is 1.71 bits per heavy atom. The zero-order chi connectivity index (χ0) is 19.9. The van der Waals surface area contributed by atoms with Gasteiger partial charge in [0.25, 0.3) is 0 Å². The van der Waals surface area contributed by atoms with Crippen LogP contribution in [0, 0.1) is 5.92 Å². The summed E-state index contributed by atoms with van der Waals surface area (Å²) in [5.41, 5.74) is 12.8. The molecule has 28 heavy (non-hydrogen) atoms. The lowest BCUT2D eigenvalue weighted by Gasteiger charge is -2.30. The number of hydrogen-bond acceptors (Lipinski definition) is 3. The maximum atomic E-state index is 6.10. The molecule has 4 nitrogen and oxygen atoms in total. The summed E-state index contributed by atoms with van der Waals surface area (Å²) < 4.78 is 2.18. The lowest BCUT2D eigenvalue weighted by molar-refractivity contribution is 0.183. The molecule has 1 aliphatic heterocycles. The number of rotatable bonds is 3. The van der Waals surface area contributed by atoms with E-state index in [1.165, 1.54) is 29.7 Å². The van der Waals surface area contributed by atoms with E-state index < -0.39 is 0 Å². The van der Waals surface area contributed by atoms with Gasteiger partial charge in [0, 0.05) is 24.0 Å². The monoisotopic (exact) mass is 376 g/mol. The largest absolute Gasteiger partial charge is 0.398 e. The SMILES string of the molecule is CC1CCN(Cc2c(-c3ccc(C(C)(C)C)cc3)nc3ccc(N)cn23)CC1. The number of likely N-dealkylation sites (tertiary alicyclic amines) is 1. The highest BCUT2D eigenvalue weighted by Gasteiger charge is 2.21. The van der Waals surface area contributed by atoms with Gasteiger partial charge < -0.3 is 10.1 Å². The second-order valence-corrected chi connectivity index (χ2v) is 9.38. The van der Waals surface area contributed by atoms with Crippen molar-refractivity contribution >= 4 is 11.3 Å². The van der Waals surface area contributed by atoms with Crippen LogP contribution in [0.5, 0.6) is 0 Å². The van der Waals surface area contributed by atoms with E-state index in [0.29, 0.717) is 0 Å². The number of hydrogen-bond donors (Lipinski definition) is 1. The van der Waals surface area contributed by atoms with Crippen LogP contribution < -0.4 is 5.73 Å².